The zero-order chi connectivity index (χ0) is 10.1. The Bertz CT molecular complexity index is 154. The molecule has 0 aromatic carbocycles. The van der Waals surface area contributed by atoms with Gasteiger partial charge >= 0.3 is 5.97 Å². The van der Waals surface area contributed by atoms with Gasteiger partial charge < -0.3 is 9.90 Å². The van der Waals surface area contributed by atoms with Crippen molar-refractivity contribution in [2.45, 2.75) is 45.4 Å². The Hall–Kier alpha value is -0.860. The highest BCUT2D eigenvalue weighted by Gasteiger charge is 2.03. The number of hydrogen-bond donors (Lipinski definition) is 1. The summed E-state index contributed by atoms with van der Waals surface area (Å²) in [5.74, 6) is -0.181. The predicted octanol–water partition coefficient (Wildman–Crippen LogP) is 2.25. The maximum Gasteiger partial charge on any atom is 0.303 e. The van der Waals surface area contributed by atoms with E-state index in [4.69, 9.17) is 5.11 Å². The maximum absolute atomic E-state index is 10.2. The van der Waals surface area contributed by atoms with Crippen molar-refractivity contribution in [2.75, 3.05) is 0 Å². The molecular weight excluding hydrogens is 168 g/mol. The molecule has 0 aromatic rings. The molecule has 0 aliphatic rings. The largest absolute Gasteiger partial charge is 0.481 e. The molecule has 0 spiro atoms. The van der Waals surface area contributed by atoms with Crippen molar-refractivity contribution >= 4 is 12.3 Å². The van der Waals surface area contributed by atoms with Gasteiger partial charge in [-0.2, -0.15) is 0 Å². The van der Waals surface area contributed by atoms with Gasteiger partial charge in [0.15, 0.2) is 0 Å². The standard InChI is InChI=1S/C10H18O3/c1-9(5-2-3-8-11)6-4-7-10(12)13/h8-9H,2-7H2,1H3,(H,12,13). The van der Waals surface area contributed by atoms with Gasteiger partial charge in [0.25, 0.3) is 0 Å². The number of aldehydes is 1. The number of carbonyl (C=O) groups excluding carboxylic acids is 1. The number of aliphatic carboxylic acids is 1. The molecule has 1 N–H and O–H groups in total. The minimum atomic E-state index is -0.722. The number of carbonyl (C=O) groups is 2. The van der Waals surface area contributed by atoms with Gasteiger partial charge in [-0.25, -0.2) is 0 Å². The van der Waals surface area contributed by atoms with Gasteiger partial charge in [-0.15, -0.1) is 0 Å². The number of unbranched alkanes of at least 4 members (excludes halogenated alkanes) is 1. The number of hydrogen-bond acceptors (Lipinski definition) is 2. The molecule has 13 heavy (non-hydrogen) atoms. The van der Waals surface area contributed by atoms with E-state index < -0.39 is 5.97 Å². The first kappa shape index (κ1) is 12.1. The molecule has 0 saturated heterocycles. The second kappa shape index (κ2) is 7.77. The highest BCUT2D eigenvalue weighted by Crippen LogP contribution is 2.14. The molecular formula is C10H18O3. The molecule has 1 unspecified atom stereocenters. The third-order valence-electron chi connectivity index (χ3n) is 2.11. The van der Waals surface area contributed by atoms with Gasteiger partial charge in [0.2, 0.25) is 0 Å². The summed E-state index contributed by atoms with van der Waals surface area (Å²) in [4.78, 5) is 20.2. The molecule has 0 radical (unpaired) electrons. The summed E-state index contributed by atoms with van der Waals surface area (Å²) in [5, 5.41) is 8.39. The second-order valence-corrected chi connectivity index (χ2v) is 3.49. The van der Waals surface area contributed by atoms with Crippen LogP contribution in [0.15, 0.2) is 0 Å². The van der Waals surface area contributed by atoms with Crippen LogP contribution in [-0.2, 0) is 9.59 Å². The lowest BCUT2D eigenvalue weighted by molar-refractivity contribution is -0.137. The maximum atomic E-state index is 10.2. The van der Waals surface area contributed by atoms with E-state index in [1.54, 1.807) is 0 Å². The van der Waals surface area contributed by atoms with E-state index in [0.29, 0.717) is 12.3 Å². The molecule has 0 rings (SSSR count). The summed E-state index contributed by atoms with van der Waals surface area (Å²) >= 11 is 0. The first-order valence-corrected chi connectivity index (χ1v) is 4.82. The average molecular weight is 186 g/mol. The van der Waals surface area contributed by atoms with Crippen molar-refractivity contribution in [3.8, 4) is 0 Å². The number of rotatable bonds is 8. The van der Waals surface area contributed by atoms with E-state index in [1.165, 1.54) is 0 Å². The van der Waals surface area contributed by atoms with Gasteiger partial charge in [-0.3, -0.25) is 4.79 Å². The van der Waals surface area contributed by atoms with E-state index in [1.807, 2.05) is 0 Å². The molecule has 0 fully saturated rings. The number of carboxylic acid groups (broad SMARTS) is 1. The Morgan fingerprint density at radius 2 is 2.00 bits per heavy atom. The molecule has 0 heterocycles. The molecule has 0 saturated carbocycles. The van der Waals surface area contributed by atoms with Crippen LogP contribution in [0.1, 0.15) is 45.4 Å². The Labute approximate surface area is 79.1 Å². The van der Waals surface area contributed by atoms with E-state index >= 15 is 0 Å². The van der Waals surface area contributed by atoms with Gasteiger partial charge in [-0.1, -0.05) is 19.8 Å². The third kappa shape index (κ3) is 9.05. The summed E-state index contributed by atoms with van der Waals surface area (Å²) in [6.45, 7) is 2.10. The molecule has 0 aliphatic heterocycles. The molecule has 76 valence electrons. The normalized spacial score (nSPS) is 12.4. The monoisotopic (exact) mass is 186 g/mol. The first-order chi connectivity index (χ1) is 6.16. The topological polar surface area (TPSA) is 54.4 Å². The Balaban J connectivity index is 3.24. The Kier molecular flexibility index (Phi) is 7.26. The van der Waals surface area contributed by atoms with Gasteiger partial charge in [0.05, 0.1) is 0 Å². The lowest BCUT2D eigenvalue weighted by Gasteiger charge is -2.08. The minimum Gasteiger partial charge on any atom is -0.481 e. The fourth-order valence-electron chi connectivity index (χ4n) is 1.30. The smallest absolute Gasteiger partial charge is 0.303 e. The van der Waals surface area contributed by atoms with Crippen LogP contribution >= 0.6 is 0 Å². The number of carboxylic acids is 1. The molecule has 0 amide bonds. The quantitative estimate of drug-likeness (QED) is 0.467. The van der Waals surface area contributed by atoms with Crippen LogP contribution in [0.3, 0.4) is 0 Å². The van der Waals surface area contributed by atoms with E-state index in [2.05, 4.69) is 6.92 Å². The summed E-state index contributed by atoms with van der Waals surface area (Å²) in [6, 6.07) is 0. The summed E-state index contributed by atoms with van der Waals surface area (Å²) < 4.78 is 0. The molecule has 0 bridgehead atoms. The SMILES string of the molecule is CC(CCCC=O)CCCC(=O)O. The van der Waals surface area contributed by atoms with Gasteiger partial charge in [-0.05, 0) is 18.8 Å². The van der Waals surface area contributed by atoms with Crippen molar-refractivity contribution in [1.82, 2.24) is 0 Å². The van der Waals surface area contributed by atoms with Crippen molar-refractivity contribution in [3.63, 3.8) is 0 Å². The lowest BCUT2D eigenvalue weighted by atomic mass is 9.98. The van der Waals surface area contributed by atoms with E-state index in [-0.39, 0.29) is 6.42 Å². The van der Waals surface area contributed by atoms with Crippen LogP contribution in [0, 0.1) is 5.92 Å². The van der Waals surface area contributed by atoms with E-state index in [0.717, 1.165) is 32.0 Å². The highest BCUT2D eigenvalue weighted by molar-refractivity contribution is 5.66. The molecule has 0 aliphatic carbocycles. The summed E-state index contributed by atoms with van der Waals surface area (Å²) in [6.07, 6.45) is 5.48. The lowest BCUT2D eigenvalue weighted by Crippen LogP contribution is -1.99. The average Bonchev–Trinajstić information content (AvgIpc) is 2.04. The predicted molar refractivity (Wildman–Crippen MR) is 50.6 cm³/mol. The molecule has 3 nitrogen and oxygen atoms in total. The van der Waals surface area contributed by atoms with Crippen molar-refractivity contribution in [1.29, 1.82) is 0 Å². The van der Waals surface area contributed by atoms with Crippen LogP contribution in [0.2, 0.25) is 0 Å². The van der Waals surface area contributed by atoms with Crippen LogP contribution in [0.4, 0.5) is 0 Å². The molecule has 0 aromatic heterocycles. The van der Waals surface area contributed by atoms with Gasteiger partial charge in [0.1, 0.15) is 6.29 Å². The Morgan fingerprint density at radius 1 is 1.38 bits per heavy atom. The third-order valence-corrected chi connectivity index (χ3v) is 2.11. The second-order valence-electron chi connectivity index (χ2n) is 3.49. The van der Waals surface area contributed by atoms with E-state index in [9.17, 15) is 9.59 Å². The van der Waals surface area contributed by atoms with Crippen molar-refractivity contribution in [3.05, 3.63) is 0 Å². The zero-order valence-electron chi connectivity index (χ0n) is 8.16. The van der Waals surface area contributed by atoms with Crippen molar-refractivity contribution in [2.24, 2.45) is 5.92 Å². The van der Waals surface area contributed by atoms with Crippen LogP contribution in [-0.4, -0.2) is 17.4 Å². The van der Waals surface area contributed by atoms with Crippen LogP contribution in [0.25, 0.3) is 0 Å². The van der Waals surface area contributed by atoms with Gasteiger partial charge in [0, 0.05) is 12.8 Å². The fraction of sp³-hybridized carbons (Fsp3) is 0.800. The summed E-state index contributed by atoms with van der Waals surface area (Å²) in [7, 11) is 0. The zero-order valence-corrected chi connectivity index (χ0v) is 8.16. The minimum absolute atomic E-state index is 0.262. The summed E-state index contributed by atoms with van der Waals surface area (Å²) in [5.41, 5.74) is 0. The Morgan fingerprint density at radius 3 is 2.54 bits per heavy atom. The first-order valence-electron chi connectivity index (χ1n) is 4.82. The van der Waals surface area contributed by atoms with Crippen LogP contribution < -0.4 is 0 Å². The fourth-order valence-corrected chi connectivity index (χ4v) is 1.30. The highest BCUT2D eigenvalue weighted by atomic mass is 16.4. The molecule has 1 atom stereocenters. The van der Waals surface area contributed by atoms with Crippen molar-refractivity contribution < 1.29 is 14.7 Å². The molecule has 3 heteroatoms. The van der Waals surface area contributed by atoms with Crippen LogP contribution in [0.5, 0.6) is 0 Å².